The van der Waals surface area contributed by atoms with Crippen molar-refractivity contribution in [3.63, 3.8) is 0 Å². The van der Waals surface area contributed by atoms with Gasteiger partial charge in [-0.05, 0) is 73.9 Å². The molecule has 218 valence electrons. The number of likely N-dealkylation sites (tertiary alicyclic amines) is 1. The Bertz CT molecular complexity index is 1640. The molecule has 4 heterocycles. The smallest absolute Gasteiger partial charge is 0.320 e. The molecule has 0 amide bonds. The first kappa shape index (κ1) is 27.6. The van der Waals surface area contributed by atoms with E-state index in [9.17, 15) is 22.4 Å². The Balaban J connectivity index is 1.43. The number of aromatic nitrogens is 5. The van der Waals surface area contributed by atoms with E-state index in [1.807, 2.05) is 11.9 Å². The van der Waals surface area contributed by atoms with Crippen LogP contribution in [0.2, 0.25) is 0 Å². The summed E-state index contributed by atoms with van der Waals surface area (Å²) < 4.78 is 75.8. The summed E-state index contributed by atoms with van der Waals surface area (Å²) in [6.07, 6.45) is 2.82. The van der Waals surface area contributed by atoms with Crippen LogP contribution < -0.4 is 5.69 Å². The Morgan fingerprint density at radius 3 is 2.44 bits per heavy atom. The Hall–Kier alpha value is -3.54. The molecule has 1 unspecified atom stereocenters. The molecular formula is C29H31F5N6O. The third kappa shape index (κ3) is 5.29. The number of rotatable bonds is 6. The third-order valence-electron chi connectivity index (χ3n) is 8.62. The van der Waals surface area contributed by atoms with Gasteiger partial charge in [0.25, 0.3) is 0 Å². The Labute approximate surface area is 233 Å². The summed E-state index contributed by atoms with van der Waals surface area (Å²) in [6, 6.07) is 5.23. The van der Waals surface area contributed by atoms with Gasteiger partial charge in [0.15, 0.2) is 0 Å². The summed E-state index contributed by atoms with van der Waals surface area (Å²) in [7, 11) is 1.81. The van der Waals surface area contributed by atoms with E-state index in [2.05, 4.69) is 10.2 Å². The maximum Gasteiger partial charge on any atom is 0.418 e. The van der Waals surface area contributed by atoms with Crippen molar-refractivity contribution < 1.29 is 22.0 Å². The van der Waals surface area contributed by atoms with Gasteiger partial charge < -0.3 is 4.57 Å². The van der Waals surface area contributed by atoms with Crippen LogP contribution in [0.4, 0.5) is 22.0 Å². The molecular weight excluding hydrogens is 543 g/mol. The van der Waals surface area contributed by atoms with Gasteiger partial charge in [0.05, 0.1) is 16.8 Å². The first-order chi connectivity index (χ1) is 19.4. The maximum absolute atomic E-state index is 15.1. The second kappa shape index (κ2) is 10.1. The van der Waals surface area contributed by atoms with Crippen molar-refractivity contribution in [2.24, 2.45) is 13.0 Å². The maximum atomic E-state index is 15.1. The minimum absolute atomic E-state index is 0.133. The van der Waals surface area contributed by atoms with Crippen LogP contribution in [0.15, 0.2) is 47.8 Å². The number of alkyl halides is 4. The fraction of sp³-hybridized carbons (Fsp3) is 0.483. The van der Waals surface area contributed by atoms with Gasteiger partial charge in [-0.1, -0.05) is 6.42 Å². The molecule has 1 aliphatic heterocycles. The van der Waals surface area contributed by atoms with Crippen molar-refractivity contribution in [1.29, 1.82) is 0 Å². The van der Waals surface area contributed by atoms with Crippen molar-refractivity contribution in [2.75, 3.05) is 13.1 Å². The molecule has 1 atom stereocenters. The van der Waals surface area contributed by atoms with Crippen molar-refractivity contribution in [3.05, 3.63) is 81.8 Å². The standard InChI is InChI=1S/C29H31F5N6O/c1-28(31)6-8-38(9-7-28)14-18-10-23(29(32,33)34)24-16-39(27(41)40(24)15-18)22-12-20(11-21(30)13-22)25(19-4-3-5-19)26-36-35-17-37(26)2/h10-13,15-17,19,25H,3-9,14H2,1-2H3. The zero-order chi connectivity index (χ0) is 29.1. The largest absolute Gasteiger partial charge is 0.418 e. The van der Waals surface area contributed by atoms with Gasteiger partial charge in [0.2, 0.25) is 0 Å². The van der Waals surface area contributed by atoms with Gasteiger partial charge in [-0.25, -0.2) is 13.6 Å². The molecule has 0 radical (unpaired) electrons. The highest BCUT2D eigenvalue weighted by Gasteiger charge is 2.36. The number of pyridine rings is 1. The number of benzene rings is 1. The van der Waals surface area contributed by atoms with E-state index < -0.39 is 28.9 Å². The molecule has 1 aliphatic carbocycles. The average Bonchev–Trinajstić information content (AvgIpc) is 3.44. The Morgan fingerprint density at radius 1 is 1.10 bits per heavy atom. The monoisotopic (exact) mass is 574 g/mol. The third-order valence-corrected chi connectivity index (χ3v) is 8.62. The topological polar surface area (TPSA) is 60.4 Å². The van der Waals surface area contributed by atoms with E-state index in [1.165, 1.54) is 19.2 Å². The summed E-state index contributed by atoms with van der Waals surface area (Å²) in [5.74, 6) is -0.00316. The second-order valence-electron chi connectivity index (χ2n) is 11.7. The zero-order valence-electron chi connectivity index (χ0n) is 22.8. The fourth-order valence-electron chi connectivity index (χ4n) is 6.07. The van der Waals surface area contributed by atoms with Gasteiger partial charge >= 0.3 is 11.9 Å². The summed E-state index contributed by atoms with van der Waals surface area (Å²) in [5, 5.41) is 8.23. The van der Waals surface area contributed by atoms with Gasteiger partial charge in [0, 0.05) is 45.0 Å². The number of piperidine rings is 1. The molecule has 2 aliphatic rings. The summed E-state index contributed by atoms with van der Waals surface area (Å²) >= 11 is 0. The average molecular weight is 575 g/mol. The molecule has 1 aromatic carbocycles. The minimum atomic E-state index is -4.73. The number of halogens is 5. The van der Waals surface area contributed by atoms with Crippen LogP contribution in [-0.4, -0.2) is 47.4 Å². The summed E-state index contributed by atoms with van der Waals surface area (Å²) in [6.45, 7) is 2.49. The first-order valence-electron chi connectivity index (χ1n) is 13.8. The lowest BCUT2D eigenvalue weighted by Crippen LogP contribution is -2.39. The fourth-order valence-corrected chi connectivity index (χ4v) is 6.07. The molecule has 3 aromatic heterocycles. The highest BCUT2D eigenvalue weighted by molar-refractivity contribution is 5.58. The number of hydrogen-bond acceptors (Lipinski definition) is 4. The number of imidazole rings is 1. The SMILES string of the molecule is Cn1cnnc1C(c1cc(F)cc(-n2cc3c(C(F)(F)F)cc(CN4CCC(C)(F)CC4)cn3c2=O)c1)C1CCC1. The number of nitrogens with zero attached hydrogens (tertiary/aromatic N) is 6. The van der Waals surface area contributed by atoms with Crippen LogP contribution in [0, 0.1) is 11.7 Å². The van der Waals surface area contributed by atoms with E-state index >= 15 is 4.39 Å². The van der Waals surface area contributed by atoms with Crippen LogP contribution in [0.3, 0.4) is 0 Å². The van der Waals surface area contributed by atoms with Crippen molar-refractivity contribution in [2.45, 2.75) is 63.3 Å². The van der Waals surface area contributed by atoms with Gasteiger partial charge in [-0.15, -0.1) is 10.2 Å². The zero-order valence-corrected chi connectivity index (χ0v) is 22.8. The molecule has 0 spiro atoms. The van der Waals surface area contributed by atoms with Crippen LogP contribution in [-0.2, 0) is 19.8 Å². The number of aryl methyl sites for hydroxylation is 1. The Kier molecular flexibility index (Phi) is 6.79. The van der Waals surface area contributed by atoms with Crippen molar-refractivity contribution in [3.8, 4) is 5.69 Å². The van der Waals surface area contributed by atoms with Crippen LogP contribution in [0.5, 0.6) is 0 Å². The Morgan fingerprint density at radius 2 is 1.83 bits per heavy atom. The normalized spacial score (nSPS) is 19.0. The van der Waals surface area contributed by atoms with E-state index in [0.717, 1.165) is 46.6 Å². The molecule has 1 saturated heterocycles. The molecule has 7 nitrogen and oxygen atoms in total. The van der Waals surface area contributed by atoms with Crippen LogP contribution in [0.25, 0.3) is 11.2 Å². The molecule has 0 N–H and O–H groups in total. The van der Waals surface area contributed by atoms with E-state index in [-0.39, 0.29) is 42.4 Å². The molecule has 6 rings (SSSR count). The number of fused-ring (bicyclic) bond motifs is 1. The van der Waals surface area contributed by atoms with E-state index in [1.54, 1.807) is 17.0 Å². The lowest BCUT2D eigenvalue weighted by atomic mass is 9.72. The van der Waals surface area contributed by atoms with Crippen LogP contribution in [0.1, 0.15) is 67.5 Å². The van der Waals surface area contributed by atoms with Gasteiger partial charge in [-0.2, -0.15) is 13.2 Å². The van der Waals surface area contributed by atoms with Crippen molar-refractivity contribution >= 4 is 5.52 Å². The van der Waals surface area contributed by atoms with Crippen molar-refractivity contribution in [1.82, 2.24) is 28.6 Å². The molecule has 2 fully saturated rings. The molecule has 1 saturated carbocycles. The summed E-state index contributed by atoms with van der Waals surface area (Å²) in [4.78, 5) is 15.4. The van der Waals surface area contributed by atoms with Crippen LogP contribution >= 0.6 is 0 Å². The van der Waals surface area contributed by atoms with Gasteiger partial charge in [0.1, 0.15) is 23.6 Å². The lowest BCUT2D eigenvalue weighted by molar-refractivity contribution is -0.136. The van der Waals surface area contributed by atoms with E-state index in [4.69, 9.17) is 0 Å². The summed E-state index contributed by atoms with van der Waals surface area (Å²) in [5.41, 5.74) is -2.30. The molecule has 4 aromatic rings. The lowest BCUT2D eigenvalue weighted by Gasteiger charge is -2.34. The second-order valence-corrected chi connectivity index (χ2v) is 11.7. The number of hydrogen-bond donors (Lipinski definition) is 0. The first-order valence-corrected chi connectivity index (χ1v) is 13.8. The quantitative estimate of drug-likeness (QED) is 0.280. The predicted molar refractivity (Wildman–Crippen MR) is 142 cm³/mol. The highest BCUT2D eigenvalue weighted by Crippen LogP contribution is 2.43. The molecule has 41 heavy (non-hydrogen) atoms. The minimum Gasteiger partial charge on any atom is -0.320 e. The van der Waals surface area contributed by atoms with Gasteiger partial charge in [-0.3, -0.25) is 13.9 Å². The van der Waals surface area contributed by atoms with E-state index in [0.29, 0.717) is 30.0 Å². The highest BCUT2D eigenvalue weighted by atomic mass is 19.4. The predicted octanol–water partition coefficient (Wildman–Crippen LogP) is 5.63. The molecule has 12 heteroatoms. The molecule has 0 bridgehead atoms.